The number of ether oxygens (including phenoxy) is 1. The summed E-state index contributed by atoms with van der Waals surface area (Å²) in [5.74, 6) is 1.53. The molecule has 3 aromatic heterocycles. The number of likely N-dealkylation sites (tertiary alicyclic amines) is 1. The normalized spacial score (nSPS) is 18.9. The molecule has 1 spiro atoms. The van der Waals surface area contributed by atoms with Gasteiger partial charge in [0.15, 0.2) is 0 Å². The van der Waals surface area contributed by atoms with Gasteiger partial charge in [-0.2, -0.15) is 5.10 Å². The lowest BCUT2D eigenvalue weighted by Crippen LogP contribution is -2.81. The number of fused-ring (bicyclic) bond motifs is 1. The molecule has 1 unspecified atom stereocenters. The largest absolute Gasteiger partial charge is 0.486 e. The summed E-state index contributed by atoms with van der Waals surface area (Å²) in [6.45, 7) is 10.4. The van der Waals surface area contributed by atoms with Gasteiger partial charge in [0, 0.05) is 60.2 Å². The van der Waals surface area contributed by atoms with E-state index in [2.05, 4.69) is 40.9 Å². The molecule has 0 bridgehead atoms. The van der Waals surface area contributed by atoms with E-state index in [1.165, 1.54) is 0 Å². The number of hydrogen-bond acceptors (Lipinski definition) is 6. The van der Waals surface area contributed by atoms with Crippen LogP contribution in [0.5, 0.6) is 5.75 Å². The number of pyridine rings is 2. The van der Waals surface area contributed by atoms with Crippen LogP contribution in [0.1, 0.15) is 39.4 Å². The molecule has 40 heavy (non-hydrogen) atoms. The number of amides is 1. The minimum Gasteiger partial charge on any atom is -0.486 e. The van der Waals surface area contributed by atoms with Gasteiger partial charge in [-0.25, -0.2) is 9.78 Å². The highest BCUT2D eigenvalue weighted by molar-refractivity contribution is 6.35. The molecule has 0 aliphatic carbocycles. The van der Waals surface area contributed by atoms with E-state index in [4.69, 9.17) is 32.9 Å². The van der Waals surface area contributed by atoms with Crippen LogP contribution in [0.3, 0.4) is 0 Å². The van der Waals surface area contributed by atoms with Crippen molar-refractivity contribution >= 4 is 46.0 Å². The molecule has 2 aliphatic heterocycles. The quantitative estimate of drug-likeness (QED) is 0.271. The summed E-state index contributed by atoms with van der Waals surface area (Å²) in [6, 6.07) is 9.75. The molecule has 2 fully saturated rings. The summed E-state index contributed by atoms with van der Waals surface area (Å²) >= 11 is 12.6. The zero-order valence-corrected chi connectivity index (χ0v) is 24.2. The molecule has 2 atom stereocenters. The van der Waals surface area contributed by atoms with Crippen LogP contribution < -0.4 is 9.64 Å². The van der Waals surface area contributed by atoms with Gasteiger partial charge in [0.2, 0.25) is 0 Å². The van der Waals surface area contributed by atoms with E-state index in [1.54, 1.807) is 17.3 Å². The van der Waals surface area contributed by atoms with Gasteiger partial charge >= 0.3 is 6.09 Å². The molecular formula is C29H30Cl2N6O3. The van der Waals surface area contributed by atoms with E-state index in [0.717, 1.165) is 41.1 Å². The van der Waals surface area contributed by atoms with Gasteiger partial charge in [0.1, 0.15) is 23.4 Å². The minimum atomic E-state index is -0.842. The summed E-state index contributed by atoms with van der Waals surface area (Å²) in [5, 5.41) is 19.0. The maximum Gasteiger partial charge on any atom is 0.407 e. The molecule has 0 saturated carbocycles. The number of anilines is 1. The zero-order chi connectivity index (χ0) is 28.4. The van der Waals surface area contributed by atoms with Crippen molar-refractivity contribution < 1.29 is 14.6 Å². The standard InChI is InChI=1S/C29H30Cl2N6O3/c1-16(24-20(30)11-32-12-21(24)31)40-18-6-7-22-19(9-18)25(35-34-22)17-5-8-23(33-10-17)36-13-29(14-36)15-37(27(38)39)26(29)28(2,3)4/h5-12,16,26H,13-15H2,1-4H3,(H,34,35)(H,38,39)/t16?,26-/m1/s1. The summed E-state index contributed by atoms with van der Waals surface area (Å²) in [4.78, 5) is 24.2. The van der Waals surface area contributed by atoms with Crippen molar-refractivity contribution in [1.29, 1.82) is 0 Å². The van der Waals surface area contributed by atoms with Crippen LogP contribution in [0.15, 0.2) is 48.9 Å². The van der Waals surface area contributed by atoms with E-state index in [-0.39, 0.29) is 23.0 Å². The molecule has 208 valence electrons. The maximum atomic E-state index is 11.7. The van der Waals surface area contributed by atoms with Gasteiger partial charge in [0.25, 0.3) is 0 Å². The number of carbonyl (C=O) groups is 1. The molecule has 2 saturated heterocycles. The SMILES string of the molecule is CC(Oc1ccc2[nH]nc(-c3ccc(N4CC5(C4)CN(C(=O)O)[C@@H]5C(C)(C)C)nc3)c2c1)c1c(Cl)cncc1Cl. The number of rotatable bonds is 5. The highest BCUT2D eigenvalue weighted by atomic mass is 35.5. The van der Waals surface area contributed by atoms with Crippen LogP contribution in [-0.4, -0.2) is 61.9 Å². The monoisotopic (exact) mass is 580 g/mol. The van der Waals surface area contributed by atoms with E-state index in [0.29, 0.717) is 27.9 Å². The van der Waals surface area contributed by atoms with Crippen molar-refractivity contribution in [2.24, 2.45) is 10.8 Å². The third kappa shape index (κ3) is 4.41. The number of aromatic nitrogens is 4. The number of H-pyrrole nitrogens is 1. The smallest absolute Gasteiger partial charge is 0.407 e. The second kappa shape index (κ2) is 9.52. The van der Waals surface area contributed by atoms with Crippen molar-refractivity contribution in [1.82, 2.24) is 25.1 Å². The Morgan fingerprint density at radius 1 is 1.12 bits per heavy atom. The Labute approximate surface area is 242 Å². The van der Waals surface area contributed by atoms with Gasteiger partial charge in [0.05, 0.1) is 21.6 Å². The highest BCUT2D eigenvalue weighted by Gasteiger charge is 2.64. The average Bonchev–Trinajstić information content (AvgIpc) is 3.25. The van der Waals surface area contributed by atoms with Crippen LogP contribution in [0.25, 0.3) is 22.2 Å². The molecular weight excluding hydrogens is 551 g/mol. The molecule has 1 aromatic carbocycles. The van der Waals surface area contributed by atoms with E-state index in [9.17, 15) is 9.90 Å². The van der Waals surface area contributed by atoms with Crippen molar-refractivity contribution in [2.45, 2.75) is 39.8 Å². The van der Waals surface area contributed by atoms with E-state index in [1.807, 2.05) is 43.5 Å². The topological polar surface area (TPSA) is 107 Å². The second-order valence-corrected chi connectivity index (χ2v) is 12.7. The number of aromatic amines is 1. The predicted molar refractivity (Wildman–Crippen MR) is 155 cm³/mol. The molecule has 1 amide bonds. The number of nitrogens with zero attached hydrogens (tertiary/aromatic N) is 5. The molecule has 6 rings (SSSR count). The first-order valence-electron chi connectivity index (χ1n) is 13.1. The van der Waals surface area contributed by atoms with Gasteiger partial charge in [-0.15, -0.1) is 0 Å². The van der Waals surface area contributed by atoms with Crippen LogP contribution in [-0.2, 0) is 0 Å². The number of benzene rings is 1. The summed E-state index contributed by atoms with van der Waals surface area (Å²) in [7, 11) is 0. The van der Waals surface area contributed by atoms with Gasteiger partial charge in [-0.3, -0.25) is 10.1 Å². The molecule has 9 nitrogen and oxygen atoms in total. The predicted octanol–water partition coefficient (Wildman–Crippen LogP) is 6.68. The van der Waals surface area contributed by atoms with Gasteiger partial charge in [-0.1, -0.05) is 44.0 Å². The summed E-state index contributed by atoms with van der Waals surface area (Å²) < 4.78 is 6.19. The molecule has 4 aromatic rings. The van der Waals surface area contributed by atoms with E-state index >= 15 is 0 Å². The lowest BCUT2D eigenvalue weighted by Gasteiger charge is -2.68. The fourth-order valence-electron chi connectivity index (χ4n) is 6.52. The zero-order valence-electron chi connectivity index (χ0n) is 22.7. The summed E-state index contributed by atoms with van der Waals surface area (Å²) in [5.41, 5.74) is 3.07. The van der Waals surface area contributed by atoms with Crippen LogP contribution in [0, 0.1) is 10.8 Å². The molecule has 11 heteroatoms. The first-order chi connectivity index (χ1) is 19.0. The summed E-state index contributed by atoms with van der Waals surface area (Å²) in [6.07, 6.45) is 3.71. The Morgan fingerprint density at radius 3 is 2.48 bits per heavy atom. The highest BCUT2D eigenvalue weighted by Crippen LogP contribution is 2.53. The average molecular weight is 582 g/mol. The van der Waals surface area contributed by atoms with Crippen molar-refractivity contribution in [3.05, 3.63) is 64.5 Å². The van der Waals surface area contributed by atoms with Crippen LogP contribution in [0.4, 0.5) is 10.6 Å². The number of hydrogen-bond donors (Lipinski definition) is 2. The third-order valence-corrected chi connectivity index (χ3v) is 8.55. The Morgan fingerprint density at radius 2 is 1.85 bits per heavy atom. The van der Waals surface area contributed by atoms with Crippen LogP contribution in [0.2, 0.25) is 10.0 Å². The van der Waals surface area contributed by atoms with E-state index < -0.39 is 6.09 Å². The first kappa shape index (κ1) is 26.7. The Hall–Kier alpha value is -3.56. The minimum absolute atomic E-state index is 0.00631. The maximum absolute atomic E-state index is 11.7. The first-order valence-corrected chi connectivity index (χ1v) is 13.9. The number of halogens is 2. The second-order valence-electron chi connectivity index (χ2n) is 11.9. The Kier molecular flexibility index (Phi) is 6.34. The fourth-order valence-corrected chi connectivity index (χ4v) is 7.19. The van der Waals surface area contributed by atoms with Crippen molar-refractivity contribution in [3.8, 4) is 17.0 Å². The number of nitrogens with one attached hydrogen (secondary N) is 1. The van der Waals surface area contributed by atoms with Gasteiger partial charge in [-0.05, 0) is 42.7 Å². The lowest BCUT2D eigenvalue weighted by atomic mass is 9.58. The third-order valence-electron chi connectivity index (χ3n) is 7.94. The Bertz CT molecular complexity index is 1570. The Balaban J connectivity index is 1.19. The van der Waals surface area contributed by atoms with Crippen molar-refractivity contribution in [2.75, 3.05) is 24.5 Å². The number of carboxylic acid groups (broad SMARTS) is 1. The molecule has 2 aliphatic rings. The molecule has 0 radical (unpaired) electrons. The molecule has 2 N–H and O–H groups in total. The van der Waals surface area contributed by atoms with Gasteiger partial charge < -0.3 is 19.6 Å². The lowest BCUT2D eigenvalue weighted by molar-refractivity contribution is -0.121. The van der Waals surface area contributed by atoms with Crippen LogP contribution >= 0.6 is 23.2 Å². The molecule has 5 heterocycles. The van der Waals surface area contributed by atoms with Crippen molar-refractivity contribution in [3.63, 3.8) is 0 Å². The fraction of sp³-hybridized carbons (Fsp3) is 0.379.